The number of carbonyl (C=O) groups is 2. The number of fused-ring (bicyclic) bond motifs is 1. The third kappa shape index (κ3) is 3.16. The fraction of sp³-hybridized carbons (Fsp3) is 0.529. The number of rotatable bonds is 4. The maximum atomic E-state index is 13.2. The highest BCUT2D eigenvalue weighted by atomic mass is 32.2. The maximum Gasteiger partial charge on any atom is 0.322 e. The average molecular weight is 382 g/mol. The lowest BCUT2D eigenvalue weighted by molar-refractivity contribution is -0.141. The van der Waals surface area contributed by atoms with Crippen LogP contribution < -0.4 is 4.74 Å². The fourth-order valence-electron chi connectivity index (χ4n) is 3.88. The molecule has 0 bridgehead atoms. The van der Waals surface area contributed by atoms with Crippen molar-refractivity contribution in [1.82, 2.24) is 9.21 Å². The first-order valence-electron chi connectivity index (χ1n) is 8.41. The third-order valence-electron chi connectivity index (χ3n) is 5.25. The molecule has 1 N–H and O–H groups in total. The van der Waals surface area contributed by atoms with Gasteiger partial charge in [-0.25, -0.2) is 8.42 Å². The second kappa shape index (κ2) is 6.88. The van der Waals surface area contributed by atoms with Gasteiger partial charge in [0.25, 0.3) is 0 Å². The lowest BCUT2D eigenvalue weighted by Crippen LogP contribution is -2.53. The van der Waals surface area contributed by atoms with Gasteiger partial charge < -0.3 is 14.7 Å². The molecule has 3 rings (SSSR count). The Balaban J connectivity index is 1.99. The zero-order chi connectivity index (χ0) is 19.1. The minimum absolute atomic E-state index is 0.0187. The molecule has 2 fully saturated rings. The van der Waals surface area contributed by atoms with E-state index < -0.39 is 28.1 Å². The van der Waals surface area contributed by atoms with E-state index in [1.165, 1.54) is 38.3 Å². The van der Waals surface area contributed by atoms with Crippen LogP contribution in [0.1, 0.15) is 19.8 Å². The van der Waals surface area contributed by atoms with Crippen LogP contribution in [-0.4, -0.2) is 66.9 Å². The Kier molecular flexibility index (Phi) is 4.94. The smallest absolute Gasteiger partial charge is 0.322 e. The topological polar surface area (TPSA) is 104 Å². The number of carbonyl (C=O) groups excluding carboxylic acids is 1. The fourth-order valence-corrected chi connectivity index (χ4v) is 5.71. The summed E-state index contributed by atoms with van der Waals surface area (Å²) in [5, 5.41) is 9.59. The van der Waals surface area contributed by atoms with Gasteiger partial charge in [0.15, 0.2) is 0 Å². The van der Waals surface area contributed by atoms with Crippen molar-refractivity contribution in [3.63, 3.8) is 0 Å². The van der Waals surface area contributed by atoms with E-state index in [0.29, 0.717) is 18.7 Å². The van der Waals surface area contributed by atoms with Gasteiger partial charge in [0, 0.05) is 26.1 Å². The zero-order valence-corrected chi connectivity index (χ0v) is 15.5. The quantitative estimate of drug-likeness (QED) is 0.825. The highest BCUT2D eigenvalue weighted by Gasteiger charge is 2.52. The van der Waals surface area contributed by atoms with Gasteiger partial charge in [0.2, 0.25) is 15.9 Å². The molecular weight excluding hydrogens is 360 g/mol. The second-order valence-electron chi connectivity index (χ2n) is 6.68. The number of methoxy groups -OCH3 is 1. The van der Waals surface area contributed by atoms with Crippen LogP contribution in [-0.2, 0) is 19.6 Å². The summed E-state index contributed by atoms with van der Waals surface area (Å²) in [5.41, 5.74) is 0. The molecule has 0 spiro atoms. The van der Waals surface area contributed by atoms with Gasteiger partial charge in [-0.1, -0.05) is 0 Å². The van der Waals surface area contributed by atoms with Crippen LogP contribution in [0.2, 0.25) is 0 Å². The summed E-state index contributed by atoms with van der Waals surface area (Å²) >= 11 is 0. The van der Waals surface area contributed by atoms with Crippen molar-refractivity contribution in [2.24, 2.45) is 5.92 Å². The van der Waals surface area contributed by atoms with Crippen molar-refractivity contribution in [3.8, 4) is 5.75 Å². The van der Waals surface area contributed by atoms with Crippen LogP contribution >= 0.6 is 0 Å². The Labute approximate surface area is 152 Å². The highest BCUT2D eigenvalue weighted by molar-refractivity contribution is 7.89. The monoisotopic (exact) mass is 382 g/mol. The van der Waals surface area contributed by atoms with Gasteiger partial charge in [-0.05, 0) is 43.0 Å². The molecule has 0 saturated carbocycles. The Morgan fingerprint density at radius 3 is 2.42 bits per heavy atom. The van der Waals surface area contributed by atoms with Gasteiger partial charge in [0.05, 0.1) is 12.0 Å². The standard InChI is InChI=1S/C17H22N2O6S/c1-11(20)18-8-7-12-9-15(17(21)22)19(16(12)10-18)26(23,24)14-5-3-13(25-2)4-6-14/h3-6,12,15-16H,7-10H2,1-2H3,(H,21,22)/t12?,15?,16-/m0/s1. The minimum Gasteiger partial charge on any atom is -0.497 e. The largest absolute Gasteiger partial charge is 0.497 e. The van der Waals surface area contributed by atoms with E-state index in [1.54, 1.807) is 4.90 Å². The molecule has 2 saturated heterocycles. The summed E-state index contributed by atoms with van der Waals surface area (Å²) in [6, 6.07) is 4.22. The van der Waals surface area contributed by atoms with Gasteiger partial charge in [0.1, 0.15) is 11.8 Å². The number of benzene rings is 1. The Morgan fingerprint density at radius 2 is 1.88 bits per heavy atom. The Morgan fingerprint density at radius 1 is 1.23 bits per heavy atom. The SMILES string of the molecule is COc1ccc(S(=O)(=O)N2C(C(=O)O)CC3CCN(C(C)=O)C[C@@H]32)cc1. The molecule has 1 amide bonds. The number of piperidine rings is 1. The molecule has 0 aromatic heterocycles. The van der Waals surface area contributed by atoms with Crippen molar-refractivity contribution in [2.75, 3.05) is 20.2 Å². The zero-order valence-electron chi connectivity index (χ0n) is 14.7. The van der Waals surface area contributed by atoms with E-state index in [4.69, 9.17) is 4.74 Å². The predicted octanol–water partition coefficient (Wildman–Crippen LogP) is 0.780. The molecule has 1 aromatic rings. The van der Waals surface area contributed by atoms with Crippen LogP contribution in [0.4, 0.5) is 0 Å². The summed E-state index contributed by atoms with van der Waals surface area (Å²) in [5.74, 6) is -0.854. The summed E-state index contributed by atoms with van der Waals surface area (Å²) < 4.78 is 32.5. The van der Waals surface area contributed by atoms with Gasteiger partial charge >= 0.3 is 5.97 Å². The van der Waals surface area contributed by atoms with Crippen molar-refractivity contribution in [1.29, 1.82) is 0 Å². The molecule has 2 aliphatic heterocycles. The van der Waals surface area contributed by atoms with E-state index in [2.05, 4.69) is 0 Å². The molecule has 9 heteroatoms. The molecule has 142 valence electrons. The molecule has 0 aliphatic carbocycles. The van der Waals surface area contributed by atoms with Crippen LogP contribution in [0, 0.1) is 5.92 Å². The van der Waals surface area contributed by atoms with Crippen LogP contribution in [0.15, 0.2) is 29.2 Å². The normalized spacial score (nSPS) is 26.4. The summed E-state index contributed by atoms with van der Waals surface area (Å²) in [6.45, 7) is 2.19. The van der Waals surface area contributed by atoms with E-state index in [9.17, 15) is 23.1 Å². The lowest BCUT2D eigenvalue weighted by Gasteiger charge is -2.37. The van der Waals surface area contributed by atoms with Gasteiger partial charge in [-0.3, -0.25) is 9.59 Å². The van der Waals surface area contributed by atoms with Crippen molar-refractivity contribution in [2.45, 2.75) is 36.7 Å². The minimum atomic E-state index is -4.02. The number of aliphatic carboxylic acids is 1. The molecule has 0 radical (unpaired) electrons. The maximum absolute atomic E-state index is 13.2. The van der Waals surface area contributed by atoms with Crippen molar-refractivity contribution >= 4 is 21.9 Å². The second-order valence-corrected chi connectivity index (χ2v) is 8.52. The third-order valence-corrected chi connectivity index (χ3v) is 7.19. The molecule has 2 heterocycles. The van der Waals surface area contributed by atoms with Crippen molar-refractivity contribution in [3.05, 3.63) is 24.3 Å². The molecule has 3 atom stereocenters. The number of carboxylic acid groups (broad SMARTS) is 1. The Hall–Kier alpha value is -2.13. The summed E-state index contributed by atoms with van der Waals surface area (Å²) in [7, 11) is -2.54. The number of ether oxygens (including phenoxy) is 1. The van der Waals surface area contributed by atoms with Crippen molar-refractivity contribution < 1.29 is 27.9 Å². The first-order valence-corrected chi connectivity index (χ1v) is 9.85. The molecule has 2 unspecified atom stereocenters. The first kappa shape index (κ1) is 18.7. The van der Waals surface area contributed by atoms with E-state index in [-0.39, 0.29) is 29.7 Å². The molecule has 2 aliphatic rings. The molecule has 8 nitrogen and oxygen atoms in total. The first-order chi connectivity index (χ1) is 12.3. The lowest BCUT2D eigenvalue weighted by atomic mass is 9.91. The predicted molar refractivity (Wildman–Crippen MR) is 92.2 cm³/mol. The van der Waals surface area contributed by atoms with E-state index in [1.807, 2.05) is 0 Å². The molecule has 1 aromatic carbocycles. The summed E-state index contributed by atoms with van der Waals surface area (Å²) in [4.78, 5) is 25.1. The number of hydrogen-bond acceptors (Lipinski definition) is 5. The number of likely N-dealkylation sites (tertiary alicyclic amines) is 1. The van der Waals surface area contributed by atoms with Crippen LogP contribution in [0.3, 0.4) is 0 Å². The van der Waals surface area contributed by atoms with E-state index in [0.717, 1.165) is 4.31 Å². The molecule has 26 heavy (non-hydrogen) atoms. The number of amides is 1. The molecular formula is C17H22N2O6S. The van der Waals surface area contributed by atoms with Gasteiger partial charge in [-0.15, -0.1) is 0 Å². The highest BCUT2D eigenvalue weighted by Crippen LogP contribution is 2.39. The average Bonchev–Trinajstić information content (AvgIpc) is 3.01. The Bertz CT molecular complexity index is 807. The number of nitrogens with zero attached hydrogens (tertiary/aromatic N) is 2. The number of carboxylic acids is 1. The summed E-state index contributed by atoms with van der Waals surface area (Å²) in [6.07, 6.45) is 0.865. The number of sulfonamides is 1. The number of hydrogen-bond donors (Lipinski definition) is 1. The van der Waals surface area contributed by atoms with Gasteiger partial charge in [-0.2, -0.15) is 4.31 Å². The van der Waals surface area contributed by atoms with Crippen LogP contribution in [0.25, 0.3) is 0 Å². The van der Waals surface area contributed by atoms with E-state index >= 15 is 0 Å². The van der Waals surface area contributed by atoms with Crippen LogP contribution in [0.5, 0.6) is 5.75 Å².